The Morgan fingerprint density at radius 1 is 1.50 bits per heavy atom. The summed E-state index contributed by atoms with van der Waals surface area (Å²) in [5, 5.41) is 7.88. The van der Waals surface area contributed by atoms with E-state index >= 15 is 0 Å². The Hall–Kier alpha value is -0.120. The second kappa shape index (κ2) is 20.8. The van der Waals surface area contributed by atoms with Crippen LogP contribution in [0.5, 0.6) is 0 Å². The minimum atomic E-state index is 0.319. The van der Waals surface area contributed by atoms with Crippen molar-refractivity contribution in [3.05, 3.63) is 0 Å². The largest absolute Gasteiger partial charge is 0.396 e. The zero-order valence-electron chi connectivity index (χ0n) is 4.02. The summed E-state index contributed by atoms with van der Waals surface area (Å²) in [6, 6.07) is 0. The van der Waals surface area contributed by atoms with E-state index in [0.717, 1.165) is 6.42 Å². The molecule has 0 amide bonds. The van der Waals surface area contributed by atoms with Crippen LogP contribution in [0.3, 0.4) is 0 Å². The van der Waals surface area contributed by atoms with Gasteiger partial charge in [0.2, 0.25) is 0 Å². The molecule has 0 bridgehead atoms. The molecule has 40 valence electrons. The molecule has 3 nitrogen and oxygen atoms in total. The van der Waals surface area contributed by atoms with Crippen LogP contribution in [0.2, 0.25) is 0 Å². The van der Waals surface area contributed by atoms with Crippen molar-refractivity contribution in [2.24, 2.45) is 11.7 Å². The van der Waals surface area contributed by atoms with Gasteiger partial charge in [0.15, 0.2) is 0 Å². The highest BCUT2D eigenvalue weighted by molar-refractivity contribution is 4.10. The summed E-state index contributed by atoms with van der Waals surface area (Å²) in [7, 11) is 0. The fourth-order valence-electron chi connectivity index (χ4n) is 0. The van der Waals surface area contributed by atoms with E-state index in [1.54, 1.807) is 0 Å². The van der Waals surface area contributed by atoms with Crippen molar-refractivity contribution in [2.75, 3.05) is 6.61 Å². The highest BCUT2D eigenvalue weighted by Crippen LogP contribution is 1.61. The first-order valence-corrected chi connectivity index (χ1v) is 1.86. The van der Waals surface area contributed by atoms with Crippen LogP contribution >= 0.6 is 0 Å². The molecule has 0 heterocycles. The van der Waals surface area contributed by atoms with E-state index in [4.69, 9.17) is 5.11 Å². The van der Waals surface area contributed by atoms with Crippen molar-refractivity contribution < 1.29 is 5.11 Å². The van der Waals surface area contributed by atoms with Crippen molar-refractivity contribution >= 4 is 0 Å². The number of aliphatic hydroxyl groups is 1. The smallest absolute Gasteiger partial charge is 0.0428 e. The summed E-state index contributed by atoms with van der Waals surface area (Å²) >= 11 is 0. The molecule has 0 spiro atoms. The highest BCUT2D eigenvalue weighted by Gasteiger charge is 1.57. The molecule has 3 heteroatoms. The predicted octanol–water partition coefficient (Wildman–Crippen LogP) is -0.792. The molecule has 0 saturated heterocycles. The zero-order chi connectivity index (χ0) is 5.41. The van der Waals surface area contributed by atoms with Crippen molar-refractivity contribution in [3.8, 4) is 0 Å². The van der Waals surface area contributed by atoms with Crippen LogP contribution in [-0.2, 0) is 0 Å². The number of hydrogen-bond donors (Lipinski definition) is 3. The maximum atomic E-state index is 7.88. The van der Waals surface area contributed by atoms with Gasteiger partial charge in [0.25, 0.3) is 0 Å². The minimum Gasteiger partial charge on any atom is -0.396 e. The Labute approximate surface area is 37.9 Å². The van der Waals surface area contributed by atoms with Crippen molar-refractivity contribution in [3.63, 3.8) is 0 Å². The first-order chi connectivity index (χ1) is 2.91. The molecule has 0 saturated carbocycles. The lowest BCUT2D eigenvalue weighted by molar-refractivity contribution is 0.295. The van der Waals surface area contributed by atoms with Gasteiger partial charge in [-0.2, -0.15) is 0 Å². The number of hydrogen-bond acceptors (Lipinski definition) is 3. The van der Waals surface area contributed by atoms with E-state index in [0.29, 0.717) is 6.61 Å². The second-order valence-electron chi connectivity index (χ2n) is 0.724. The SMILES string of the molecule is CCCO.NN. The molecule has 0 fully saturated rings. The molecule has 0 aliphatic heterocycles. The molecule has 0 aromatic carbocycles. The molecule has 0 radical (unpaired) electrons. The first-order valence-electron chi connectivity index (χ1n) is 1.86. The van der Waals surface area contributed by atoms with Gasteiger partial charge in [-0.1, -0.05) is 6.92 Å². The van der Waals surface area contributed by atoms with Gasteiger partial charge in [-0.25, -0.2) is 0 Å². The zero-order valence-corrected chi connectivity index (χ0v) is 4.02. The number of nitrogens with two attached hydrogens (primary N) is 2. The predicted molar refractivity (Wildman–Crippen MR) is 25.8 cm³/mol. The third kappa shape index (κ3) is 41.6. The third-order valence-corrected chi connectivity index (χ3v) is 0.224. The summed E-state index contributed by atoms with van der Waals surface area (Å²) in [4.78, 5) is 0. The topological polar surface area (TPSA) is 72.3 Å². The van der Waals surface area contributed by atoms with E-state index in [2.05, 4.69) is 11.7 Å². The van der Waals surface area contributed by atoms with Gasteiger partial charge in [-0.05, 0) is 6.42 Å². The highest BCUT2D eigenvalue weighted by atomic mass is 16.2. The van der Waals surface area contributed by atoms with Crippen LogP contribution in [0.1, 0.15) is 13.3 Å². The average molecular weight is 92.1 g/mol. The van der Waals surface area contributed by atoms with Crippen molar-refractivity contribution in [1.29, 1.82) is 0 Å². The Morgan fingerprint density at radius 3 is 1.67 bits per heavy atom. The van der Waals surface area contributed by atoms with Crippen LogP contribution in [0.15, 0.2) is 0 Å². The molecule has 0 aromatic rings. The number of aliphatic hydroxyl groups excluding tert-OH is 1. The van der Waals surface area contributed by atoms with Gasteiger partial charge < -0.3 is 5.11 Å². The van der Waals surface area contributed by atoms with E-state index in [1.807, 2.05) is 6.92 Å². The molecular formula is C3H12N2O. The summed E-state index contributed by atoms with van der Waals surface area (Å²) in [6.07, 6.45) is 0.875. The van der Waals surface area contributed by atoms with E-state index < -0.39 is 0 Å². The Bertz CT molecular complexity index is 10.8. The Kier molecular flexibility index (Phi) is 32.2. The summed E-state index contributed by atoms with van der Waals surface area (Å²) in [6.45, 7) is 2.25. The molecule has 0 aliphatic carbocycles. The van der Waals surface area contributed by atoms with Crippen LogP contribution in [0, 0.1) is 0 Å². The van der Waals surface area contributed by atoms with Gasteiger partial charge >= 0.3 is 0 Å². The molecule has 0 rings (SSSR count). The van der Waals surface area contributed by atoms with Gasteiger partial charge in [0.05, 0.1) is 0 Å². The maximum absolute atomic E-state index is 7.88. The Morgan fingerprint density at radius 2 is 1.67 bits per heavy atom. The molecular weight excluding hydrogens is 80.0 g/mol. The van der Waals surface area contributed by atoms with Crippen LogP contribution in [0.4, 0.5) is 0 Å². The lowest BCUT2D eigenvalue weighted by atomic mass is 10.5. The van der Waals surface area contributed by atoms with Crippen LogP contribution < -0.4 is 11.7 Å². The van der Waals surface area contributed by atoms with Gasteiger partial charge in [0.1, 0.15) is 0 Å². The summed E-state index contributed by atoms with van der Waals surface area (Å²) < 4.78 is 0. The van der Waals surface area contributed by atoms with Crippen molar-refractivity contribution in [2.45, 2.75) is 13.3 Å². The molecule has 0 atom stereocenters. The van der Waals surface area contributed by atoms with Gasteiger partial charge in [-0.3, -0.25) is 11.7 Å². The number of rotatable bonds is 1. The van der Waals surface area contributed by atoms with Crippen LogP contribution in [0.25, 0.3) is 0 Å². The van der Waals surface area contributed by atoms with Crippen LogP contribution in [-0.4, -0.2) is 11.7 Å². The molecule has 0 aromatic heterocycles. The molecule has 5 N–H and O–H groups in total. The van der Waals surface area contributed by atoms with Gasteiger partial charge in [-0.15, -0.1) is 0 Å². The standard InChI is InChI=1S/C3H8O.H4N2/c1-2-3-4;1-2/h4H,2-3H2,1H3;1-2H2. The molecule has 6 heavy (non-hydrogen) atoms. The van der Waals surface area contributed by atoms with Crippen molar-refractivity contribution in [1.82, 2.24) is 0 Å². The summed E-state index contributed by atoms with van der Waals surface area (Å²) in [5.41, 5.74) is 0. The average Bonchev–Trinajstić information content (AvgIpc) is 1.72. The Balaban J connectivity index is 0. The molecule has 0 unspecified atom stereocenters. The maximum Gasteiger partial charge on any atom is 0.0428 e. The first kappa shape index (κ1) is 9.30. The lowest BCUT2D eigenvalue weighted by Gasteiger charge is -1.69. The van der Waals surface area contributed by atoms with E-state index in [1.165, 1.54) is 0 Å². The lowest BCUT2D eigenvalue weighted by Crippen LogP contribution is -2.02. The monoisotopic (exact) mass is 92.1 g/mol. The third-order valence-electron chi connectivity index (χ3n) is 0.224. The normalized spacial score (nSPS) is 6.00. The fourth-order valence-corrected chi connectivity index (χ4v) is 0. The minimum absolute atomic E-state index is 0.319. The van der Waals surface area contributed by atoms with Gasteiger partial charge in [0, 0.05) is 6.61 Å². The summed E-state index contributed by atoms with van der Waals surface area (Å²) in [5.74, 6) is 8.00. The van der Waals surface area contributed by atoms with E-state index in [-0.39, 0.29) is 0 Å². The van der Waals surface area contributed by atoms with E-state index in [9.17, 15) is 0 Å². The number of hydrazine groups is 1. The fraction of sp³-hybridized carbons (Fsp3) is 1.00. The molecule has 0 aliphatic rings. The second-order valence-corrected chi connectivity index (χ2v) is 0.724. The quantitative estimate of drug-likeness (QED) is 0.293.